The number of benzene rings is 1. The summed E-state index contributed by atoms with van der Waals surface area (Å²) in [6, 6.07) is 15.6. The number of aliphatic hydroxyl groups is 1. The van der Waals surface area contributed by atoms with Gasteiger partial charge in [0.2, 0.25) is 0 Å². The molecule has 0 radical (unpaired) electrons. The second-order valence-electron chi connectivity index (χ2n) is 8.49. The van der Waals surface area contributed by atoms with Crippen LogP contribution in [0.2, 0.25) is 0 Å². The summed E-state index contributed by atoms with van der Waals surface area (Å²) in [5, 5.41) is 14.9. The van der Waals surface area contributed by atoms with Gasteiger partial charge in [0.05, 0.1) is 31.2 Å². The lowest BCUT2D eigenvalue weighted by atomic mass is 10.1. The molecule has 0 spiro atoms. The molecule has 5 heterocycles. The van der Waals surface area contributed by atoms with Gasteiger partial charge in [-0.1, -0.05) is 30.3 Å². The third-order valence-corrected chi connectivity index (χ3v) is 6.33. The Morgan fingerprint density at radius 1 is 0.944 bits per heavy atom. The van der Waals surface area contributed by atoms with Crippen LogP contribution in [-0.2, 0) is 17.9 Å². The van der Waals surface area contributed by atoms with Gasteiger partial charge in [0.25, 0.3) is 5.95 Å². The average molecular weight is 483 g/mol. The molecule has 0 unspecified atom stereocenters. The van der Waals surface area contributed by atoms with Gasteiger partial charge in [-0.2, -0.15) is 19.7 Å². The van der Waals surface area contributed by atoms with E-state index in [0.717, 1.165) is 39.6 Å². The molecular formula is C26H26N8O2. The van der Waals surface area contributed by atoms with Crippen molar-refractivity contribution in [2.45, 2.75) is 20.1 Å². The molecule has 0 saturated carbocycles. The van der Waals surface area contributed by atoms with Gasteiger partial charge in [-0.25, -0.2) is 4.98 Å². The summed E-state index contributed by atoms with van der Waals surface area (Å²) in [7, 11) is 0. The Morgan fingerprint density at radius 2 is 1.72 bits per heavy atom. The number of aryl methyl sites for hydroxylation is 1. The first kappa shape index (κ1) is 22.3. The van der Waals surface area contributed by atoms with Crippen LogP contribution in [0.4, 0.5) is 5.82 Å². The van der Waals surface area contributed by atoms with Gasteiger partial charge >= 0.3 is 0 Å². The Kier molecular flexibility index (Phi) is 5.88. The van der Waals surface area contributed by atoms with E-state index < -0.39 is 0 Å². The SMILES string of the molecule is CCn1c(-c2ccncc2)nc2c(N3CCOCC3)nc(-n3nc(-c4ccccc4)cc3CO)nc21. The number of fused-ring (bicyclic) bond motifs is 1. The number of aromatic nitrogens is 7. The van der Waals surface area contributed by atoms with Gasteiger partial charge in [-0.05, 0) is 25.1 Å². The number of hydrogen-bond donors (Lipinski definition) is 1. The summed E-state index contributed by atoms with van der Waals surface area (Å²) in [5.74, 6) is 1.94. The van der Waals surface area contributed by atoms with E-state index in [2.05, 4.69) is 21.4 Å². The first-order valence-corrected chi connectivity index (χ1v) is 12.0. The molecule has 5 aromatic rings. The van der Waals surface area contributed by atoms with Crippen LogP contribution in [-0.4, -0.2) is 65.7 Å². The third kappa shape index (κ3) is 3.90. The van der Waals surface area contributed by atoms with Crippen LogP contribution in [0.25, 0.3) is 39.8 Å². The molecule has 1 aliphatic heterocycles. The third-order valence-electron chi connectivity index (χ3n) is 6.33. The topological polar surface area (TPSA) is 107 Å². The quantitative estimate of drug-likeness (QED) is 0.394. The van der Waals surface area contributed by atoms with Gasteiger partial charge in [-0.3, -0.25) is 4.98 Å². The highest BCUT2D eigenvalue weighted by molar-refractivity contribution is 5.88. The Morgan fingerprint density at radius 3 is 2.44 bits per heavy atom. The number of rotatable bonds is 6. The van der Waals surface area contributed by atoms with E-state index in [1.54, 1.807) is 17.1 Å². The number of aliphatic hydroxyl groups excluding tert-OH is 1. The molecule has 4 aromatic heterocycles. The molecule has 1 N–H and O–H groups in total. The number of hydrogen-bond acceptors (Lipinski definition) is 8. The fraction of sp³-hybridized carbons (Fsp3) is 0.269. The minimum atomic E-state index is -0.191. The molecule has 0 amide bonds. The Hall–Kier alpha value is -4.15. The number of ether oxygens (including phenoxy) is 1. The Balaban J connectivity index is 1.58. The van der Waals surface area contributed by atoms with Crippen LogP contribution < -0.4 is 4.90 Å². The average Bonchev–Trinajstić information content (AvgIpc) is 3.56. The number of imidazole rings is 1. The lowest BCUT2D eigenvalue weighted by Crippen LogP contribution is -2.37. The van der Waals surface area contributed by atoms with Crippen molar-refractivity contribution in [3.63, 3.8) is 0 Å². The van der Waals surface area contributed by atoms with Gasteiger partial charge in [-0.15, -0.1) is 0 Å². The van der Waals surface area contributed by atoms with E-state index in [1.165, 1.54) is 0 Å². The molecule has 1 fully saturated rings. The van der Waals surface area contributed by atoms with Crippen LogP contribution in [0.5, 0.6) is 0 Å². The van der Waals surface area contributed by atoms with E-state index >= 15 is 0 Å². The van der Waals surface area contributed by atoms with Crippen LogP contribution in [0.15, 0.2) is 60.9 Å². The lowest BCUT2D eigenvalue weighted by Gasteiger charge is -2.28. The second-order valence-corrected chi connectivity index (χ2v) is 8.49. The van der Waals surface area contributed by atoms with Crippen LogP contribution in [0.1, 0.15) is 12.6 Å². The zero-order valence-electron chi connectivity index (χ0n) is 19.9. The summed E-state index contributed by atoms with van der Waals surface area (Å²) in [4.78, 5) is 21.2. The summed E-state index contributed by atoms with van der Waals surface area (Å²) in [6.07, 6.45) is 3.52. The molecule has 0 aliphatic carbocycles. The van der Waals surface area contributed by atoms with Crippen molar-refractivity contribution in [3.8, 4) is 28.6 Å². The first-order valence-electron chi connectivity index (χ1n) is 12.0. The predicted molar refractivity (Wildman–Crippen MR) is 136 cm³/mol. The van der Waals surface area contributed by atoms with Crippen molar-refractivity contribution in [3.05, 3.63) is 66.6 Å². The normalized spacial score (nSPS) is 14.0. The Labute approximate surface area is 207 Å². The Bertz CT molecular complexity index is 1490. The van der Waals surface area contributed by atoms with E-state index in [-0.39, 0.29) is 6.61 Å². The number of anilines is 1. The van der Waals surface area contributed by atoms with Crippen LogP contribution >= 0.6 is 0 Å². The highest BCUT2D eigenvalue weighted by Gasteiger charge is 2.25. The molecule has 0 bridgehead atoms. The zero-order chi connectivity index (χ0) is 24.5. The summed E-state index contributed by atoms with van der Waals surface area (Å²) < 4.78 is 9.30. The number of morpholine rings is 1. The largest absolute Gasteiger partial charge is 0.390 e. The van der Waals surface area contributed by atoms with E-state index in [9.17, 15) is 5.11 Å². The van der Waals surface area contributed by atoms with Crippen molar-refractivity contribution in [2.24, 2.45) is 0 Å². The molecule has 1 aromatic carbocycles. The minimum Gasteiger partial charge on any atom is -0.390 e. The van der Waals surface area contributed by atoms with Crippen molar-refractivity contribution >= 4 is 17.0 Å². The van der Waals surface area contributed by atoms with Gasteiger partial charge in [0, 0.05) is 43.2 Å². The smallest absolute Gasteiger partial charge is 0.255 e. The zero-order valence-corrected chi connectivity index (χ0v) is 19.9. The van der Waals surface area contributed by atoms with E-state index in [4.69, 9.17) is 24.8 Å². The van der Waals surface area contributed by atoms with Gasteiger partial charge in [0.1, 0.15) is 5.82 Å². The van der Waals surface area contributed by atoms with Gasteiger partial charge < -0.3 is 19.3 Å². The fourth-order valence-corrected chi connectivity index (χ4v) is 4.54. The molecule has 10 heteroatoms. The maximum Gasteiger partial charge on any atom is 0.255 e. The summed E-state index contributed by atoms with van der Waals surface area (Å²) in [5.41, 5.74) is 4.72. The molecule has 1 saturated heterocycles. The molecule has 36 heavy (non-hydrogen) atoms. The van der Waals surface area contributed by atoms with E-state index in [1.807, 2.05) is 48.5 Å². The van der Waals surface area contributed by atoms with E-state index in [0.29, 0.717) is 44.5 Å². The van der Waals surface area contributed by atoms with Crippen LogP contribution in [0.3, 0.4) is 0 Å². The molecule has 182 valence electrons. The van der Waals surface area contributed by atoms with Gasteiger partial charge in [0.15, 0.2) is 17.0 Å². The van der Waals surface area contributed by atoms with Crippen molar-refractivity contribution in [2.75, 3.05) is 31.2 Å². The molecule has 6 rings (SSSR count). The van der Waals surface area contributed by atoms with Crippen molar-refractivity contribution in [1.29, 1.82) is 0 Å². The molecule has 1 aliphatic rings. The first-order chi connectivity index (χ1) is 17.8. The summed E-state index contributed by atoms with van der Waals surface area (Å²) in [6.45, 7) is 5.20. The fourth-order valence-electron chi connectivity index (χ4n) is 4.54. The predicted octanol–water partition coefficient (Wildman–Crippen LogP) is 3.09. The van der Waals surface area contributed by atoms with Crippen molar-refractivity contribution in [1.82, 2.24) is 34.3 Å². The molecule has 0 atom stereocenters. The number of pyridine rings is 1. The maximum absolute atomic E-state index is 10.2. The highest BCUT2D eigenvalue weighted by Crippen LogP contribution is 2.31. The maximum atomic E-state index is 10.2. The lowest BCUT2D eigenvalue weighted by molar-refractivity contribution is 0.122. The summed E-state index contributed by atoms with van der Waals surface area (Å²) >= 11 is 0. The number of nitrogens with zero attached hydrogens (tertiary/aromatic N) is 8. The second kappa shape index (κ2) is 9.48. The van der Waals surface area contributed by atoms with Crippen LogP contribution in [0, 0.1) is 0 Å². The standard InChI is InChI=1S/C26H26N8O2/c1-2-33-23(19-8-10-27-11-9-19)28-22-24(32-12-14-36-15-13-32)29-26(30-25(22)33)34-20(17-35)16-21(31-34)18-6-4-3-5-7-18/h3-11,16,35H,2,12-15,17H2,1H3. The highest BCUT2D eigenvalue weighted by atomic mass is 16.5. The minimum absolute atomic E-state index is 0.191. The molecule has 10 nitrogen and oxygen atoms in total. The molecular weight excluding hydrogens is 456 g/mol. The monoisotopic (exact) mass is 482 g/mol. The van der Waals surface area contributed by atoms with Crippen molar-refractivity contribution < 1.29 is 9.84 Å².